The van der Waals surface area contributed by atoms with E-state index in [0.29, 0.717) is 3.95 Å². The summed E-state index contributed by atoms with van der Waals surface area (Å²) in [5.74, 6) is 0. The highest BCUT2D eigenvalue weighted by Crippen LogP contribution is 2.16. The normalized spacial score (nSPS) is 9.85. The van der Waals surface area contributed by atoms with E-state index in [-0.39, 0.29) is 0 Å². The molecule has 0 spiro atoms. The number of nitrogens with zero attached hydrogens (tertiary/aromatic N) is 1. The molecule has 2 rings (SSSR count). The molecule has 1 heterocycles. The van der Waals surface area contributed by atoms with Gasteiger partial charge in [0.15, 0.2) is 3.95 Å². The van der Waals surface area contributed by atoms with Crippen molar-refractivity contribution in [3.63, 3.8) is 0 Å². The van der Waals surface area contributed by atoms with Crippen LogP contribution in [0.5, 0.6) is 0 Å². The van der Waals surface area contributed by atoms with Gasteiger partial charge in [-0.25, -0.2) is 4.98 Å². The van der Waals surface area contributed by atoms with Gasteiger partial charge in [-0.3, -0.25) is 0 Å². The van der Waals surface area contributed by atoms with Crippen molar-refractivity contribution < 1.29 is 0 Å². The summed E-state index contributed by atoms with van der Waals surface area (Å²) in [6, 6.07) is 12.0. The lowest BCUT2D eigenvalue weighted by Crippen LogP contribution is -1.80. The fraction of sp³-hybridized carbons (Fsp3) is 0. The van der Waals surface area contributed by atoms with Gasteiger partial charge in [0.2, 0.25) is 0 Å². The molecule has 0 amide bonds. The van der Waals surface area contributed by atoms with Crippen molar-refractivity contribution in [1.82, 2.24) is 4.98 Å². The Hall–Kier alpha value is -1.06. The van der Waals surface area contributed by atoms with Crippen LogP contribution in [0.2, 0.25) is 0 Å². The van der Waals surface area contributed by atoms with Gasteiger partial charge in [-0.15, -0.1) is 11.3 Å². The summed E-state index contributed by atoms with van der Waals surface area (Å²) in [4.78, 5) is 4.28. The second kappa shape index (κ2) is 3.77. The van der Waals surface area contributed by atoms with Crippen LogP contribution in [0.25, 0.3) is 11.3 Å². The lowest BCUT2D eigenvalue weighted by molar-refractivity contribution is 1.36. The minimum atomic E-state index is 0.682. The molecular weight excluding hydrogens is 198 g/mol. The smallest absolute Gasteiger partial charge is 0.181 e. The summed E-state index contributed by atoms with van der Waals surface area (Å²) < 4.78 is 0.682. The highest BCUT2D eigenvalue weighted by atomic mass is 32.1. The van der Waals surface area contributed by atoms with Crippen LogP contribution in [-0.2, 0) is 0 Å². The second-order valence-electron chi connectivity index (χ2n) is 2.55. The SMILES string of the molecule is S=c1nc(-c2ccccc2)ccs1. The maximum Gasteiger partial charge on any atom is 0.181 e. The molecule has 1 aromatic carbocycles. The molecule has 0 bridgehead atoms. The third-order valence-corrected chi connectivity index (χ3v) is 2.62. The van der Waals surface area contributed by atoms with Crippen LogP contribution in [-0.4, -0.2) is 4.98 Å². The van der Waals surface area contributed by atoms with Gasteiger partial charge in [-0.1, -0.05) is 30.3 Å². The number of aromatic nitrogens is 1. The van der Waals surface area contributed by atoms with E-state index >= 15 is 0 Å². The van der Waals surface area contributed by atoms with E-state index in [1.54, 1.807) is 0 Å². The Morgan fingerprint density at radius 2 is 1.85 bits per heavy atom. The Kier molecular flexibility index (Phi) is 2.47. The van der Waals surface area contributed by atoms with E-state index < -0.39 is 0 Å². The number of hydrogen-bond donors (Lipinski definition) is 0. The zero-order valence-corrected chi connectivity index (χ0v) is 8.44. The zero-order valence-electron chi connectivity index (χ0n) is 6.81. The van der Waals surface area contributed by atoms with Crippen LogP contribution in [0.15, 0.2) is 41.8 Å². The Morgan fingerprint density at radius 1 is 1.08 bits per heavy atom. The van der Waals surface area contributed by atoms with Gasteiger partial charge in [0.1, 0.15) is 0 Å². The van der Waals surface area contributed by atoms with Crippen molar-refractivity contribution in [2.75, 3.05) is 0 Å². The van der Waals surface area contributed by atoms with Crippen molar-refractivity contribution in [1.29, 1.82) is 0 Å². The number of hydrogen-bond acceptors (Lipinski definition) is 3. The van der Waals surface area contributed by atoms with E-state index in [0.717, 1.165) is 11.3 Å². The molecule has 0 N–H and O–H groups in total. The second-order valence-corrected chi connectivity index (χ2v) is 4.09. The Labute approximate surface area is 85.7 Å². The van der Waals surface area contributed by atoms with E-state index in [4.69, 9.17) is 12.2 Å². The average Bonchev–Trinajstić information content (AvgIpc) is 2.19. The van der Waals surface area contributed by atoms with Crippen molar-refractivity contribution in [3.05, 3.63) is 45.7 Å². The van der Waals surface area contributed by atoms with Gasteiger partial charge in [0.05, 0.1) is 5.69 Å². The minimum absolute atomic E-state index is 0.682. The third kappa shape index (κ3) is 1.99. The molecule has 0 atom stereocenters. The summed E-state index contributed by atoms with van der Waals surface area (Å²) in [6.07, 6.45) is 0. The quantitative estimate of drug-likeness (QED) is 0.660. The average molecular weight is 205 g/mol. The van der Waals surface area contributed by atoms with Crippen LogP contribution >= 0.6 is 23.6 Å². The van der Waals surface area contributed by atoms with Gasteiger partial charge >= 0.3 is 0 Å². The van der Waals surface area contributed by atoms with E-state index in [9.17, 15) is 0 Å². The molecule has 0 aliphatic heterocycles. The minimum Gasteiger partial charge on any atom is -0.226 e. The molecule has 0 saturated carbocycles. The highest BCUT2D eigenvalue weighted by molar-refractivity contribution is 7.73. The van der Waals surface area contributed by atoms with Crippen molar-refractivity contribution in [2.24, 2.45) is 0 Å². The van der Waals surface area contributed by atoms with Crippen molar-refractivity contribution >= 4 is 23.6 Å². The zero-order chi connectivity index (χ0) is 9.10. The van der Waals surface area contributed by atoms with Gasteiger partial charge in [0, 0.05) is 5.56 Å². The fourth-order valence-corrected chi connectivity index (χ4v) is 1.82. The molecule has 64 valence electrons. The first-order chi connectivity index (χ1) is 6.36. The van der Waals surface area contributed by atoms with E-state index in [2.05, 4.69) is 4.98 Å². The Bertz CT molecular complexity index is 448. The molecule has 2 aromatic rings. The third-order valence-electron chi connectivity index (χ3n) is 1.68. The van der Waals surface area contributed by atoms with Gasteiger partial charge in [0.25, 0.3) is 0 Å². The Balaban J connectivity index is 2.54. The molecule has 0 saturated heterocycles. The maximum atomic E-state index is 5.01. The monoisotopic (exact) mass is 205 g/mol. The highest BCUT2D eigenvalue weighted by Gasteiger charge is 1.95. The van der Waals surface area contributed by atoms with Gasteiger partial charge in [-0.2, -0.15) is 0 Å². The van der Waals surface area contributed by atoms with Gasteiger partial charge < -0.3 is 0 Å². The summed E-state index contributed by atoms with van der Waals surface area (Å²) in [7, 11) is 0. The van der Waals surface area contributed by atoms with Crippen LogP contribution in [0, 0.1) is 3.95 Å². The lowest BCUT2D eigenvalue weighted by atomic mass is 10.2. The largest absolute Gasteiger partial charge is 0.226 e. The van der Waals surface area contributed by atoms with Crippen LogP contribution in [0.3, 0.4) is 0 Å². The molecule has 0 aliphatic carbocycles. The lowest BCUT2D eigenvalue weighted by Gasteiger charge is -1.97. The molecule has 0 radical (unpaired) electrons. The van der Waals surface area contributed by atoms with Crippen LogP contribution < -0.4 is 0 Å². The summed E-state index contributed by atoms with van der Waals surface area (Å²) in [6.45, 7) is 0. The Morgan fingerprint density at radius 3 is 2.54 bits per heavy atom. The van der Waals surface area contributed by atoms with Crippen LogP contribution in [0.4, 0.5) is 0 Å². The van der Waals surface area contributed by atoms with Crippen molar-refractivity contribution in [3.8, 4) is 11.3 Å². The standard InChI is InChI=1S/C10H7NS2/c12-10-11-9(6-7-13-10)8-4-2-1-3-5-8/h1-7H. The maximum absolute atomic E-state index is 5.01. The fourth-order valence-electron chi connectivity index (χ4n) is 1.09. The molecule has 1 nitrogen and oxygen atoms in total. The summed E-state index contributed by atoms with van der Waals surface area (Å²) in [5, 5.41) is 1.97. The predicted molar refractivity (Wildman–Crippen MR) is 58.4 cm³/mol. The van der Waals surface area contributed by atoms with Crippen molar-refractivity contribution in [2.45, 2.75) is 0 Å². The molecule has 1 aromatic heterocycles. The number of benzene rings is 1. The summed E-state index contributed by atoms with van der Waals surface area (Å²) >= 11 is 6.49. The molecule has 13 heavy (non-hydrogen) atoms. The topological polar surface area (TPSA) is 12.9 Å². The molecule has 0 aliphatic rings. The summed E-state index contributed by atoms with van der Waals surface area (Å²) in [5.41, 5.74) is 2.06. The van der Waals surface area contributed by atoms with E-state index in [1.165, 1.54) is 11.3 Å². The van der Waals surface area contributed by atoms with Crippen LogP contribution in [0.1, 0.15) is 0 Å². The number of rotatable bonds is 1. The molecule has 0 fully saturated rings. The first kappa shape index (κ1) is 8.53. The first-order valence-electron chi connectivity index (χ1n) is 3.87. The molecule has 3 heteroatoms. The van der Waals surface area contributed by atoms with Gasteiger partial charge in [-0.05, 0) is 23.7 Å². The molecule has 0 unspecified atom stereocenters. The first-order valence-corrected chi connectivity index (χ1v) is 5.16. The van der Waals surface area contributed by atoms with E-state index in [1.807, 2.05) is 41.8 Å². The predicted octanol–water partition coefficient (Wildman–Crippen LogP) is 3.54. The molecular formula is C10H7NS2.